The number of benzene rings is 1. The van der Waals surface area contributed by atoms with E-state index >= 15 is 0 Å². The first-order valence-corrected chi connectivity index (χ1v) is 3.97. The lowest BCUT2D eigenvalue weighted by atomic mass is 10.1. The fraction of sp³-hybridized carbons (Fsp3) is 0.333. The summed E-state index contributed by atoms with van der Waals surface area (Å²) in [4.78, 5) is 1.83. The Labute approximate surface area is 70.2 Å². The number of aliphatic hydroxyl groups is 1. The molecule has 1 fully saturated rings. The number of aliphatic hydroxyl groups excluding tert-OH is 1. The monoisotopic (exact) mass is 167 g/mol. The van der Waals surface area contributed by atoms with Crippen LogP contribution < -0.4 is 4.90 Å². The molecule has 1 unspecified atom stereocenters. The summed E-state index contributed by atoms with van der Waals surface area (Å²) >= 11 is 0. The Balaban J connectivity index is 2.18. The van der Waals surface area contributed by atoms with Crippen LogP contribution in [0.5, 0.6) is 0 Å². The van der Waals surface area contributed by atoms with Gasteiger partial charge in [-0.15, -0.1) is 0 Å². The smallest absolute Gasteiger partial charge is 0.128 e. The summed E-state index contributed by atoms with van der Waals surface area (Å²) in [6.07, 6.45) is 0.424. The highest BCUT2D eigenvalue weighted by Crippen LogP contribution is 2.24. The molecule has 1 N–H and O–H groups in total. The van der Waals surface area contributed by atoms with Gasteiger partial charge in [0.15, 0.2) is 0 Å². The molecule has 64 valence electrons. The molecule has 1 atom stereocenters. The van der Waals surface area contributed by atoms with Crippen LogP contribution in [0.25, 0.3) is 0 Å². The van der Waals surface area contributed by atoms with E-state index in [2.05, 4.69) is 0 Å². The Morgan fingerprint density at radius 1 is 1.33 bits per heavy atom. The predicted octanol–water partition coefficient (Wildman–Crippen LogP) is 1.35. The maximum absolute atomic E-state index is 12.5. The lowest BCUT2D eigenvalue weighted by Crippen LogP contribution is -2.47. The minimum absolute atomic E-state index is 0.242. The molecule has 1 aliphatic heterocycles. The van der Waals surface area contributed by atoms with E-state index in [1.807, 2.05) is 4.90 Å². The van der Waals surface area contributed by atoms with E-state index in [4.69, 9.17) is 0 Å². The van der Waals surface area contributed by atoms with E-state index in [1.165, 1.54) is 12.1 Å². The van der Waals surface area contributed by atoms with Crippen LogP contribution in [0.4, 0.5) is 10.1 Å². The zero-order chi connectivity index (χ0) is 8.55. The standard InChI is InChI=1S/C9H10FNO/c10-7-1-3-8(4-2-7)11-6-5-9(11)12/h1-4,9,12H,5-6H2. The lowest BCUT2D eigenvalue weighted by molar-refractivity contribution is 0.113. The Morgan fingerprint density at radius 3 is 2.42 bits per heavy atom. The van der Waals surface area contributed by atoms with Crippen molar-refractivity contribution in [1.82, 2.24) is 0 Å². The van der Waals surface area contributed by atoms with Gasteiger partial charge in [0.2, 0.25) is 0 Å². The van der Waals surface area contributed by atoms with Gasteiger partial charge in [-0.1, -0.05) is 0 Å². The van der Waals surface area contributed by atoms with Crippen molar-refractivity contribution in [3.63, 3.8) is 0 Å². The largest absolute Gasteiger partial charge is 0.374 e. The summed E-state index contributed by atoms with van der Waals surface area (Å²) in [6, 6.07) is 6.16. The molecule has 12 heavy (non-hydrogen) atoms. The Morgan fingerprint density at radius 2 is 2.00 bits per heavy atom. The maximum Gasteiger partial charge on any atom is 0.128 e. The first-order valence-electron chi connectivity index (χ1n) is 3.97. The summed E-state index contributed by atoms with van der Waals surface area (Å²) < 4.78 is 12.5. The van der Waals surface area contributed by atoms with Gasteiger partial charge in [-0.25, -0.2) is 4.39 Å². The van der Waals surface area contributed by atoms with Crippen molar-refractivity contribution in [3.05, 3.63) is 30.1 Å². The van der Waals surface area contributed by atoms with Gasteiger partial charge in [-0.05, 0) is 24.3 Å². The first-order chi connectivity index (χ1) is 5.77. The molecule has 2 nitrogen and oxygen atoms in total. The average Bonchev–Trinajstić information content (AvgIpc) is 2.06. The topological polar surface area (TPSA) is 23.5 Å². The van der Waals surface area contributed by atoms with Crippen LogP contribution in [-0.2, 0) is 0 Å². The summed E-state index contributed by atoms with van der Waals surface area (Å²) in [5, 5.41) is 9.26. The Kier molecular flexibility index (Phi) is 1.73. The lowest BCUT2D eigenvalue weighted by Gasteiger charge is -2.39. The van der Waals surface area contributed by atoms with Gasteiger partial charge >= 0.3 is 0 Å². The average molecular weight is 167 g/mol. The highest BCUT2D eigenvalue weighted by Gasteiger charge is 2.25. The molecule has 0 saturated carbocycles. The SMILES string of the molecule is OC1CCN1c1ccc(F)cc1. The number of nitrogens with zero attached hydrogens (tertiary/aromatic N) is 1. The molecule has 0 bridgehead atoms. The molecule has 2 rings (SSSR count). The third-order valence-electron chi connectivity index (χ3n) is 2.15. The molecule has 0 aliphatic carbocycles. The van der Waals surface area contributed by atoms with Gasteiger partial charge < -0.3 is 10.0 Å². The van der Waals surface area contributed by atoms with Crippen molar-refractivity contribution >= 4 is 5.69 Å². The quantitative estimate of drug-likeness (QED) is 0.682. The van der Waals surface area contributed by atoms with Gasteiger partial charge in [-0.2, -0.15) is 0 Å². The molecular weight excluding hydrogens is 157 g/mol. The third-order valence-corrected chi connectivity index (χ3v) is 2.15. The minimum atomic E-state index is -0.379. The molecule has 1 aromatic carbocycles. The number of hydrogen-bond acceptors (Lipinski definition) is 2. The van der Waals surface area contributed by atoms with Crippen LogP contribution in [0.2, 0.25) is 0 Å². The van der Waals surface area contributed by atoms with E-state index in [1.54, 1.807) is 12.1 Å². The molecule has 1 aromatic rings. The van der Waals surface area contributed by atoms with E-state index in [9.17, 15) is 9.50 Å². The second kappa shape index (κ2) is 2.75. The summed E-state index contributed by atoms with van der Waals surface area (Å²) in [6.45, 7) is 0.854. The molecule has 0 amide bonds. The van der Waals surface area contributed by atoms with Crippen molar-refractivity contribution in [2.24, 2.45) is 0 Å². The second-order valence-electron chi connectivity index (χ2n) is 2.94. The summed E-state index contributed by atoms with van der Waals surface area (Å²) in [5.74, 6) is -0.242. The molecular formula is C9H10FNO. The third kappa shape index (κ3) is 1.16. The number of hydrogen-bond donors (Lipinski definition) is 1. The van der Waals surface area contributed by atoms with E-state index in [0.29, 0.717) is 0 Å². The number of halogens is 1. The predicted molar refractivity (Wildman–Crippen MR) is 44.4 cm³/mol. The molecule has 1 heterocycles. The number of rotatable bonds is 1. The van der Waals surface area contributed by atoms with Crippen LogP contribution >= 0.6 is 0 Å². The van der Waals surface area contributed by atoms with Crippen LogP contribution in [0.15, 0.2) is 24.3 Å². The summed E-state index contributed by atoms with van der Waals surface area (Å²) in [5.41, 5.74) is 0.884. The Hall–Kier alpha value is -1.09. The molecule has 0 spiro atoms. The fourth-order valence-corrected chi connectivity index (χ4v) is 1.31. The van der Waals surface area contributed by atoms with Crippen LogP contribution in [0.3, 0.4) is 0 Å². The van der Waals surface area contributed by atoms with Gasteiger partial charge in [0, 0.05) is 18.7 Å². The van der Waals surface area contributed by atoms with E-state index < -0.39 is 0 Å². The van der Waals surface area contributed by atoms with Gasteiger partial charge in [0.05, 0.1) is 0 Å². The molecule has 1 saturated heterocycles. The van der Waals surface area contributed by atoms with Gasteiger partial charge in [0.25, 0.3) is 0 Å². The number of anilines is 1. The zero-order valence-electron chi connectivity index (χ0n) is 6.57. The van der Waals surface area contributed by atoms with Crippen molar-refractivity contribution in [3.8, 4) is 0 Å². The van der Waals surface area contributed by atoms with Crippen LogP contribution in [0.1, 0.15) is 6.42 Å². The molecule has 0 aromatic heterocycles. The van der Waals surface area contributed by atoms with E-state index in [-0.39, 0.29) is 12.0 Å². The normalized spacial score (nSPS) is 22.2. The van der Waals surface area contributed by atoms with Crippen molar-refractivity contribution in [1.29, 1.82) is 0 Å². The van der Waals surface area contributed by atoms with Crippen LogP contribution in [0, 0.1) is 5.82 Å². The summed E-state index contributed by atoms with van der Waals surface area (Å²) in [7, 11) is 0. The van der Waals surface area contributed by atoms with Crippen LogP contribution in [-0.4, -0.2) is 17.9 Å². The molecule has 1 aliphatic rings. The van der Waals surface area contributed by atoms with Crippen molar-refractivity contribution < 1.29 is 9.50 Å². The minimum Gasteiger partial charge on any atom is -0.374 e. The second-order valence-corrected chi connectivity index (χ2v) is 2.94. The zero-order valence-corrected chi connectivity index (χ0v) is 6.57. The molecule has 0 radical (unpaired) electrons. The van der Waals surface area contributed by atoms with E-state index in [0.717, 1.165) is 18.7 Å². The highest BCUT2D eigenvalue weighted by molar-refractivity contribution is 5.48. The molecule has 3 heteroatoms. The van der Waals surface area contributed by atoms with Crippen molar-refractivity contribution in [2.75, 3.05) is 11.4 Å². The highest BCUT2D eigenvalue weighted by atomic mass is 19.1. The maximum atomic E-state index is 12.5. The Bertz CT molecular complexity index is 272. The fourth-order valence-electron chi connectivity index (χ4n) is 1.31. The van der Waals surface area contributed by atoms with Gasteiger partial charge in [0.1, 0.15) is 12.0 Å². The van der Waals surface area contributed by atoms with Crippen molar-refractivity contribution in [2.45, 2.75) is 12.6 Å². The first kappa shape index (κ1) is 7.55. The van der Waals surface area contributed by atoms with Gasteiger partial charge in [-0.3, -0.25) is 0 Å².